The Morgan fingerprint density at radius 1 is 1.19 bits per heavy atom. The van der Waals surface area contributed by atoms with Crippen molar-refractivity contribution < 1.29 is 9.90 Å². The van der Waals surface area contributed by atoms with Gasteiger partial charge in [-0.25, -0.2) is 4.98 Å². The third kappa shape index (κ3) is 4.21. The Kier molecular flexibility index (Phi) is 4.97. The largest absolute Gasteiger partial charge is 0.387 e. The molecular formula is C21H20ClN3O2. The molecule has 27 heavy (non-hydrogen) atoms. The zero-order chi connectivity index (χ0) is 18.8. The molecule has 138 valence electrons. The molecule has 3 N–H and O–H groups in total. The Bertz CT molecular complexity index is 971. The van der Waals surface area contributed by atoms with Crippen LogP contribution in [0.5, 0.6) is 0 Å². The van der Waals surface area contributed by atoms with Crippen LogP contribution >= 0.6 is 11.6 Å². The van der Waals surface area contributed by atoms with Crippen LogP contribution in [0, 0.1) is 0 Å². The summed E-state index contributed by atoms with van der Waals surface area (Å²) in [6.45, 7) is 0.274. The van der Waals surface area contributed by atoms with Gasteiger partial charge in [-0.15, -0.1) is 0 Å². The number of rotatable bonds is 6. The second-order valence-electron chi connectivity index (χ2n) is 6.77. The maximum Gasteiger partial charge on any atom is 0.252 e. The molecule has 3 aromatic rings. The highest BCUT2D eigenvalue weighted by Gasteiger charge is 2.25. The first-order valence-electron chi connectivity index (χ1n) is 8.98. The van der Waals surface area contributed by atoms with E-state index in [0.29, 0.717) is 16.4 Å². The van der Waals surface area contributed by atoms with Crippen molar-refractivity contribution in [3.8, 4) is 0 Å². The molecule has 4 rings (SSSR count). The van der Waals surface area contributed by atoms with Gasteiger partial charge in [-0.05, 0) is 42.7 Å². The summed E-state index contributed by atoms with van der Waals surface area (Å²) in [7, 11) is 0. The fourth-order valence-electron chi connectivity index (χ4n) is 2.95. The summed E-state index contributed by atoms with van der Waals surface area (Å²) < 4.78 is 0. The van der Waals surface area contributed by atoms with Gasteiger partial charge in [0.05, 0.1) is 17.2 Å². The van der Waals surface area contributed by atoms with Crippen molar-refractivity contribution in [2.75, 3.05) is 11.9 Å². The molecule has 1 unspecified atom stereocenters. The number of hydrogen-bond acceptors (Lipinski definition) is 4. The second-order valence-corrected chi connectivity index (χ2v) is 7.20. The summed E-state index contributed by atoms with van der Waals surface area (Å²) in [6.07, 6.45) is 1.36. The zero-order valence-electron chi connectivity index (χ0n) is 14.7. The molecule has 1 atom stereocenters. The van der Waals surface area contributed by atoms with Gasteiger partial charge in [-0.1, -0.05) is 41.9 Å². The van der Waals surface area contributed by atoms with E-state index in [4.69, 9.17) is 11.6 Å². The fourth-order valence-corrected chi connectivity index (χ4v) is 3.07. The van der Waals surface area contributed by atoms with Crippen LogP contribution in [-0.2, 0) is 0 Å². The molecule has 0 spiro atoms. The van der Waals surface area contributed by atoms with Crippen LogP contribution in [0.25, 0.3) is 10.9 Å². The summed E-state index contributed by atoms with van der Waals surface area (Å²) in [6, 6.07) is 16.7. The summed E-state index contributed by atoms with van der Waals surface area (Å²) in [5.74, 6) is 0.472. The van der Waals surface area contributed by atoms with Crippen molar-refractivity contribution in [2.24, 2.45) is 0 Å². The van der Waals surface area contributed by atoms with Crippen LogP contribution in [0.2, 0.25) is 5.02 Å². The highest BCUT2D eigenvalue weighted by atomic mass is 35.5. The molecular weight excluding hydrogens is 362 g/mol. The highest BCUT2D eigenvalue weighted by molar-refractivity contribution is 6.30. The molecule has 1 amide bonds. The minimum Gasteiger partial charge on any atom is -0.387 e. The number of carbonyl (C=O) groups excluding carboxylic acids is 1. The number of nitrogens with one attached hydrogen (secondary N) is 2. The van der Waals surface area contributed by atoms with E-state index in [-0.39, 0.29) is 18.5 Å². The van der Waals surface area contributed by atoms with Gasteiger partial charge in [0.1, 0.15) is 5.82 Å². The Morgan fingerprint density at radius 2 is 1.93 bits per heavy atom. The molecule has 6 heteroatoms. The number of halogens is 1. The molecule has 5 nitrogen and oxygen atoms in total. The number of hydrogen-bond donors (Lipinski definition) is 3. The molecule has 1 aromatic heterocycles. The van der Waals surface area contributed by atoms with E-state index in [1.807, 2.05) is 24.3 Å². The SMILES string of the molecule is O=C(NC1CC1)c1cc(NCC(O)c2ccc(Cl)cc2)nc2ccccc12. The van der Waals surface area contributed by atoms with Gasteiger partial charge < -0.3 is 15.7 Å². The number of carbonyl (C=O) groups is 1. The van der Waals surface area contributed by atoms with Crippen molar-refractivity contribution in [3.05, 3.63) is 70.7 Å². The van der Waals surface area contributed by atoms with Gasteiger partial charge in [0, 0.05) is 23.0 Å². The van der Waals surface area contributed by atoms with E-state index in [9.17, 15) is 9.90 Å². The number of anilines is 1. The van der Waals surface area contributed by atoms with Crippen LogP contribution in [-0.4, -0.2) is 28.6 Å². The standard InChI is InChI=1S/C21H20ClN3O2/c22-14-7-5-13(6-8-14)19(26)12-23-20-11-17(21(27)24-15-9-10-15)16-3-1-2-4-18(16)25-20/h1-8,11,15,19,26H,9-10,12H2,(H,23,25)(H,24,27). The van der Waals surface area contributed by atoms with Crippen LogP contribution in [0.3, 0.4) is 0 Å². The number of benzene rings is 2. The lowest BCUT2D eigenvalue weighted by molar-refractivity contribution is 0.0952. The molecule has 0 aliphatic heterocycles. The van der Waals surface area contributed by atoms with Crippen LogP contribution in [0.4, 0.5) is 5.82 Å². The van der Waals surface area contributed by atoms with Crippen LogP contribution < -0.4 is 10.6 Å². The molecule has 0 radical (unpaired) electrons. The number of para-hydroxylation sites is 1. The second kappa shape index (κ2) is 7.55. The van der Waals surface area contributed by atoms with Gasteiger partial charge in [0.15, 0.2) is 0 Å². The number of aliphatic hydroxyl groups excluding tert-OH is 1. The third-order valence-electron chi connectivity index (χ3n) is 4.60. The highest BCUT2D eigenvalue weighted by Crippen LogP contribution is 2.24. The molecule has 1 aliphatic rings. The zero-order valence-corrected chi connectivity index (χ0v) is 15.4. The van der Waals surface area contributed by atoms with Crippen molar-refractivity contribution >= 4 is 34.2 Å². The lowest BCUT2D eigenvalue weighted by Gasteiger charge is -2.15. The number of fused-ring (bicyclic) bond motifs is 1. The maximum absolute atomic E-state index is 12.6. The molecule has 1 fully saturated rings. The molecule has 1 saturated carbocycles. The van der Waals surface area contributed by atoms with Gasteiger partial charge in [-0.2, -0.15) is 0 Å². The van der Waals surface area contributed by atoms with E-state index < -0.39 is 6.10 Å². The molecule has 1 aliphatic carbocycles. The molecule has 1 heterocycles. The first-order chi connectivity index (χ1) is 13.1. The predicted molar refractivity (Wildman–Crippen MR) is 107 cm³/mol. The fraction of sp³-hybridized carbons (Fsp3) is 0.238. The summed E-state index contributed by atoms with van der Waals surface area (Å²) in [4.78, 5) is 17.2. The smallest absolute Gasteiger partial charge is 0.252 e. The first-order valence-corrected chi connectivity index (χ1v) is 9.36. The lowest BCUT2D eigenvalue weighted by atomic mass is 10.1. The first kappa shape index (κ1) is 17.8. The van der Waals surface area contributed by atoms with Gasteiger partial charge in [0.2, 0.25) is 0 Å². The topological polar surface area (TPSA) is 74.2 Å². The average Bonchev–Trinajstić information content (AvgIpc) is 3.50. The van der Waals surface area contributed by atoms with E-state index in [2.05, 4.69) is 15.6 Å². The molecule has 0 saturated heterocycles. The van der Waals surface area contributed by atoms with E-state index in [0.717, 1.165) is 29.3 Å². The Balaban J connectivity index is 1.55. The number of pyridine rings is 1. The average molecular weight is 382 g/mol. The van der Waals surface area contributed by atoms with Gasteiger partial charge >= 0.3 is 0 Å². The summed E-state index contributed by atoms with van der Waals surface area (Å²) in [5.41, 5.74) is 2.10. The lowest BCUT2D eigenvalue weighted by Crippen LogP contribution is -2.26. The van der Waals surface area contributed by atoms with Gasteiger partial charge in [-0.3, -0.25) is 4.79 Å². The van der Waals surface area contributed by atoms with E-state index in [1.165, 1.54) is 0 Å². The molecule has 2 aromatic carbocycles. The van der Waals surface area contributed by atoms with E-state index in [1.54, 1.807) is 30.3 Å². The van der Waals surface area contributed by atoms with Crippen molar-refractivity contribution in [1.82, 2.24) is 10.3 Å². The number of amides is 1. The van der Waals surface area contributed by atoms with Crippen molar-refractivity contribution in [1.29, 1.82) is 0 Å². The quantitative estimate of drug-likeness (QED) is 0.605. The summed E-state index contributed by atoms with van der Waals surface area (Å²) in [5, 5.41) is 18.0. The number of aliphatic hydroxyl groups is 1. The van der Waals surface area contributed by atoms with Crippen LogP contribution in [0.1, 0.15) is 34.9 Å². The minimum absolute atomic E-state index is 0.0857. The Hall–Kier alpha value is -2.63. The Labute approximate surface area is 162 Å². The minimum atomic E-state index is -0.709. The predicted octanol–water partition coefficient (Wildman–Crippen LogP) is 3.93. The van der Waals surface area contributed by atoms with Crippen LogP contribution in [0.15, 0.2) is 54.6 Å². The van der Waals surface area contributed by atoms with Crippen molar-refractivity contribution in [2.45, 2.75) is 25.0 Å². The normalized spacial score (nSPS) is 14.7. The van der Waals surface area contributed by atoms with Gasteiger partial charge in [0.25, 0.3) is 5.91 Å². The number of aromatic nitrogens is 1. The molecule has 0 bridgehead atoms. The number of nitrogens with zero attached hydrogens (tertiary/aromatic N) is 1. The summed E-state index contributed by atoms with van der Waals surface area (Å²) >= 11 is 5.89. The maximum atomic E-state index is 12.6. The Morgan fingerprint density at radius 3 is 2.67 bits per heavy atom. The third-order valence-corrected chi connectivity index (χ3v) is 4.86. The monoisotopic (exact) mass is 381 g/mol. The van der Waals surface area contributed by atoms with E-state index >= 15 is 0 Å². The van der Waals surface area contributed by atoms with Crippen molar-refractivity contribution in [3.63, 3.8) is 0 Å².